The second kappa shape index (κ2) is 6.11. The number of ether oxygens (including phenoxy) is 2. The molecule has 128 valence electrons. The summed E-state index contributed by atoms with van der Waals surface area (Å²) < 4.78 is 11.0. The molecule has 2 heterocycles. The Hall–Kier alpha value is -2.04. The van der Waals surface area contributed by atoms with E-state index >= 15 is 0 Å². The van der Waals surface area contributed by atoms with Gasteiger partial charge < -0.3 is 14.4 Å². The highest BCUT2D eigenvalue weighted by Gasteiger charge is 2.52. The minimum atomic E-state index is -0.222. The van der Waals surface area contributed by atoms with Crippen molar-refractivity contribution in [3.05, 3.63) is 35.9 Å². The Bertz CT molecular complexity index is 632. The van der Waals surface area contributed by atoms with Crippen LogP contribution in [0, 0.1) is 5.92 Å². The average Bonchev–Trinajstić information content (AvgIpc) is 3.16. The van der Waals surface area contributed by atoms with Crippen molar-refractivity contribution >= 4 is 12.1 Å². The molecule has 1 saturated carbocycles. The van der Waals surface area contributed by atoms with Gasteiger partial charge in [0, 0.05) is 18.0 Å². The van der Waals surface area contributed by atoms with E-state index in [-0.39, 0.29) is 29.6 Å². The highest BCUT2D eigenvalue weighted by molar-refractivity contribution is 5.72. The Labute approximate surface area is 141 Å². The fourth-order valence-electron chi connectivity index (χ4n) is 4.65. The predicted molar refractivity (Wildman–Crippen MR) is 87.1 cm³/mol. The molecule has 0 aromatic heterocycles. The zero-order chi connectivity index (χ0) is 16.6. The highest BCUT2D eigenvalue weighted by atomic mass is 16.6. The van der Waals surface area contributed by atoms with Crippen LogP contribution >= 0.6 is 0 Å². The van der Waals surface area contributed by atoms with E-state index in [9.17, 15) is 9.59 Å². The normalized spacial score (nSPS) is 31.8. The Balaban J connectivity index is 1.42. The van der Waals surface area contributed by atoms with Crippen LogP contribution in [0.2, 0.25) is 0 Å². The summed E-state index contributed by atoms with van der Waals surface area (Å²) in [5.41, 5.74) is 0.862. The quantitative estimate of drug-likeness (QED) is 0.782. The van der Waals surface area contributed by atoms with E-state index < -0.39 is 0 Å². The van der Waals surface area contributed by atoms with Gasteiger partial charge in [0.2, 0.25) is 0 Å². The fourth-order valence-corrected chi connectivity index (χ4v) is 4.65. The molecule has 5 heteroatoms. The summed E-state index contributed by atoms with van der Waals surface area (Å²) >= 11 is 0. The molecule has 1 aromatic carbocycles. The zero-order valence-corrected chi connectivity index (χ0v) is 13.8. The minimum Gasteiger partial charge on any atom is -0.462 e. The van der Waals surface area contributed by atoms with Crippen molar-refractivity contribution in [3.63, 3.8) is 0 Å². The first-order valence-electron chi connectivity index (χ1n) is 8.84. The van der Waals surface area contributed by atoms with Crippen LogP contribution in [0.4, 0.5) is 4.79 Å². The summed E-state index contributed by atoms with van der Waals surface area (Å²) in [4.78, 5) is 26.1. The molecule has 5 nitrogen and oxygen atoms in total. The maximum Gasteiger partial charge on any atom is 0.410 e. The van der Waals surface area contributed by atoms with Crippen LogP contribution in [0.3, 0.4) is 0 Å². The van der Waals surface area contributed by atoms with Gasteiger partial charge in [-0.15, -0.1) is 0 Å². The number of esters is 1. The smallest absolute Gasteiger partial charge is 0.410 e. The molecule has 0 unspecified atom stereocenters. The Morgan fingerprint density at radius 3 is 2.96 bits per heavy atom. The number of carbonyl (C=O) groups excluding carboxylic acids is 2. The largest absolute Gasteiger partial charge is 0.462 e. The lowest BCUT2D eigenvalue weighted by molar-refractivity contribution is -0.142. The first-order valence-corrected chi connectivity index (χ1v) is 8.84. The van der Waals surface area contributed by atoms with Gasteiger partial charge in [0.15, 0.2) is 0 Å². The third-order valence-corrected chi connectivity index (χ3v) is 5.80. The van der Waals surface area contributed by atoms with Gasteiger partial charge in [-0.1, -0.05) is 30.3 Å². The van der Waals surface area contributed by atoms with Crippen molar-refractivity contribution in [2.45, 2.75) is 56.8 Å². The lowest BCUT2D eigenvalue weighted by Gasteiger charge is -2.44. The topological polar surface area (TPSA) is 55.8 Å². The van der Waals surface area contributed by atoms with Gasteiger partial charge in [-0.2, -0.15) is 0 Å². The molecule has 4 rings (SSSR count). The van der Waals surface area contributed by atoms with Crippen molar-refractivity contribution in [1.29, 1.82) is 0 Å². The molecule has 3 aliphatic rings. The average molecular weight is 329 g/mol. The monoisotopic (exact) mass is 329 g/mol. The molecule has 2 aliphatic heterocycles. The number of hydrogen-bond donors (Lipinski definition) is 0. The minimum absolute atomic E-state index is 0.0610. The van der Waals surface area contributed by atoms with Gasteiger partial charge >= 0.3 is 12.1 Å². The summed E-state index contributed by atoms with van der Waals surface area (Å²) in [5, 5.41) is 0. The summed E-state index contributed by atoms with van der Waals surface area (Å²) in [7, 11) is 0. The summed E-state index contributed by atoms with van der Waals surface area (Å²) in [5.74, 6) is 0.173. The van der Waals surface area contributed by atoms with E-state index in [0.717, 1.165) is 44.2 Å². The Morgan fingerprint density at radius 2 is 2.12 bits per heavy atom. The number of rotatable bonds is 2. The molecular formula is C19H23NO4. The SMILES string of the molecule is O=C1C[C@H]2C[C@]3(CCCN3C(=O)OCc3ccccc3)CC[C@@H]2O1. The van der Waals surface area contributed by atoms with Gasteiger partial charge in [-0.3, -0.25) is 4.79 Å². The van der Waals surface area contributed by atoms with Gasteiger partial charge in [0.25, 0.3) is 0 Å². The molecular weight excluding hydrogens is 306 g/mol. The third-order valence-electron chi connectivity index (χ3n) is 5.80. The van der Waals surface area contributed by atoms with E-state index in [4.69, 9.17) is 9.47 Å². The molecule has 3 atom stereocenters. The van der Waals surface area contributed by atoms with Gasteiger partial charge in [-0.25, -0.2) is 4.79 Å². The second-order valence-electron chi connectivity index (χ2n) is 7.26. The second-order valence-corrected chi connectivity index (χ2v) is 7.26. The molecule has 1 amide bonds. The molecule has 3 fully saturated rings. The highest BCUT2D eigenvalue weighted by Crippen LogP contribution is 2.47. The molecule has 1 spiro atoms. The zero-order valence-electron chi connectivity index (χ0n) is 13.8. The number of fused-ring (bicyclic) bond motifs is 1. The van der Waals surface area contributed by atoms with Gasteiger partial charge in [0.05, 0.1) is 6.42 Å². The number of carbonyl (C=O) groups is 2. The van der Waals surface area contributed by atoms with Gasteiger partial charge in [0.1, 0.15) is 12.7 Å². The number of likely N-dealkylation sites (tertiary alicyclic amines) is 1. The van der Waals surface area contributed by atoms with Crippen LogP contribution in [0.1, 0.15) is 44.1 Å². The van der Waals surface area contributed by atoms with Crippen molar-refractivity contribution in [2.24, 2.45) is 5.92 Å². The van der Waals surface area contributed by atoms with Gasteiger partial charge in [-0.05, 0) is 37.7 Å². The fraction of sp³-hybridized carbons (Fsp3) is 0.579. The Kier molecular flexibility index (Phi) is 3.94. The van der Waals surface area contributed by atoms with Crippen LogP contribution in [0.5, 0.6) is 0 Å². The lowest BCUT2D eigenvalue weighted by atomic mass is 9.72. The molecule has 1 aliphatic carbocycles. The standard InChI is InChI=1S/C19H23NO4/c21-17-11-15-12-19(9-7-16(15)24-17)8-4-10-20(19)18(22)23-13-14-5-2-1-3-6-14/h1-3,5-6,15-16H,4,7-13H2/t15-,16-,19-/m0/s1. The molecule has 0 N–H and O–H groups in total. The van der Waals surface area contributed by atoms with Crippen LogP contribution in [0.25, 0.3) is 0 Å². The number of amides is 1. The maximum atomic E-state index is 12.7. The van der Waals surface area contributed by atoms with Crippen molar-refractivity contribution in [2.75, 3.05) is 6.54 Å². The van der Waals surface area contributed by atoms with Crippen LogP contribution < -0.4 is 0 Å². The molecule has 0 bridgehead atoms. The summed E-state index contributed by atoms with van der Waals surface area (Å²) in [6.45, 7) is 1.06. The first kappa shape index (κ1) is 15.5. The number of hydrogen-bond acceptors (Lipinski definition) is 4. The van der Waals surface area contributed by atoms with Crippen molar-refractivity contribution in [3.8, 4) is 0 Å². The Morgan fingerprint density at radius 1 is 1.29 bits per heavy atom. The maximum absolute atomic E-state index is 12.7. The third kappa shape index (κ3) is 2.76. The first-order chi connectivity index (χ1) is 11.7. The lowest BCUT2D eigenvalue weighted by Crippen LogP contribution is -2.52. The molecule has 2 saturated heterocycles. The molecule has 1 aromatic rings. The van der Waals surface area contributed by atoms with Crippen LogP contribution in [-0.2, 0) is 20.9 Å². The van der Waals surface area contributed by atoms with Crippen molar-refractivity contribution < 1.29 is 19.1 Å². The van der Waals surface area contributed by atoms with E-state index in [1.165, 1.54) is 0 Å². The molecule has 24 heavy (non-hydrogen) atoms. The van der Waals surface area contributed by atoms with Crippen LogP contribution in [0.15, 0.2) is 30.3 Å². The number of nitrogens with zero attached hydrogens (tertiary/aromatic N) is 1. The predicted octanol–water partition coefficient (Wildman–Crippen LogP) is 3.27. The number of benzene rings is 1. The van der Waals surface area contributed by atoms with E-state index in [1.54, 1.807) is 0 Å². The van der Waals surface area contributed by atoms with E-state index in [1.807, 2.05) is 35.2 Å². The summed E-state index contributed by atoms with van der Waals surface area (Å²) in [6, 6.07) is 9.75. The van der Waals surface area contributed by atoms with E-state index in [2.05, 4.69) is 0 Å². The van der Waals surface area contributed by atoms with Crippen LogP contribution in [-0.4, -0.2) is 35.2 Å². The summed E-state index contributed by atoms with van der Waals surface area (Å²) in [6.07, 6.45) is 4.98. The molecule has 0 radical (unpaired) electrons. The van der Waals surface area contributed by atoms with Crippen molar-refractivity contribution in [1.82, 2.24) is 4.90 Å². The van der Waals surface area contributed by atoms with E-state index in [0.29, 0.717) is 13.0 Å².